The van der Waals surface area contributed by atoms with Gasteiger partial charge in [0.05, 0.1) is 18.1 Å². The molecule has 1 aliphatic rings. The number of morpholine rings is 1. The second kappa shape index (κ2) is 10.5. The minimum Gasteiger partial charge on any atom is -0.454 e. The molecular formula is C20H25N5O6S. The quantitative estimate of drug-likeness (QED) is 0.554. The molecule has 1 aromatic carbocycles. The van der Waals surface area contributed by atoms with Crippen molar-refractivity contribution in [2.75, 3.05) is 56.7 Å². The van der Waals surface area contributed by atoms with E-state index >= 15 is 0 Å². The minimum atomic E-state index is -3.72. The van der Waals surface area contributed by atoms with Gasteiger partial charge in [0, 0.05) is 38.2 Å². The smallest absolute Gasteiger partial charge is 0.326 e. The molecule has 3 rings (SSSR count). The van der Waals surface area contributed by atoms with Crippen LogP contribution in [0.2, 0.25) is 0 Å². The van der Waals surface area contributed by atoms with E-state index in [1.54, 1.807) is 44.6 Å². The number of aryl methyl sites for hydroxylation is 1. The number of aromatic nitrogens is 2. The van der Waals surface area contributed by atoms with Crippen molar-refractivity contribution in [3.05, 3.63) is 42.2 Å². The summed E-state index contributed by atoms with van der Waals surface area (Å²) in [5.74, 6) is -0.868. The summed E-state index contributed by atoms with van der Waals surface area (Å²) in [6, 6.07) is 6.26. The number of anilines is 2. The van der Waals surface area contributed by atoms with Crippen LogP contribution in [0, 0.1) is 6.92 Å². The molecule has 1 aromatic heterocycles. The Labute approximate surface area is 186 Å². The Bertz CT molecular complexity index is 1060. The summed E-state index contributed by atoms with van der Waals surface area (Å²) in [6.45, 7) is 2.27. The Morgan fingerprint density at radius 2 is 1.91 bits per heavy atom. The van der Waals surface area contributed by atoms with Crippen LogP contribution in [0.5, 0.6) is 0 Å². The van der Waals surface area contributed by atoms with Crippen LogP contribution in [0.1, 0.15) is 5.56 Å². The van der Waals surface area contributed by atoms with E-state index in [1.807, 2.05) is 0 Å². The third-order valence-electron chi connectivity index (χ3n) is 4.68. The van der Waals surface area contributed by atoms with E-state index in [0.29, 0.717) is 30.4 Å². The number of carbonyl (C=O) groups excluding carboxylic acids is 2. The fourth-order valence-corrected chi connectivity index (χ4v) is 4.68. The molecule has 1 aliphatic heterocycles. The lowest BCUT2D eigenvalue weighted by Crippen LogP contribution is -2.40. The molecule has 12 heteroatoms. The number of ether oxygens (including phenoxy) is 2. The van der Waals surface area contributed by atoms with E-state index in [2.05, 4.69) is 15.3 Å². The monoisotopic (exact) mass is 463 g/mol. The molecule has 0 bridgehead atoms. The molecule has 172 valence electrons. The molecule has 1 saturated heterocycles. The maximum absolute atomic E-state index is 13.0. The van der Waals surface area contributed by atoms with Gasteiger partial charge in [-0.15, -0.1) is 0 Å². The highest BCUT2D eigenvalue weighted by Gasteiger charge is 2.28. The molecule has 11 nitrogen and oxygen atoms in total. The van der Waals surface area contributed by atoms with Gasteiger partial charge in [0.15, 0.2) is 6.61 Å². The average molecular weight is 464 g/mol. The van der Waals surface area contributed by atoms with Crippen molar-refractivity contribution in [3.8, 4) is 0 Å². The van der Waals surface area contributed by atoms with Crippen molar-refractivity contribution in [2.24, 2.45) is 0 Å². The lowest BCUT2D eigenvalue weighted by molar-refractivity contribution is -0.145. The van der Waals surface area contributed by atoms with Crippen LogP contribution in [0.15, 0.2) is 41.6 Å². The van der Waals surface area contributed by atoms with Gasteiger partial charge in [0.25, 0.3) is 5.91 Å². The number of nitrogens with one attached hydrogen (secondary N) is 1. The molecule has 1 fully saturated rings. The van der Waals surface area contributed by atoms with Gasteiger partial charge < -0.3 is 19.7 Å². The van der Waals surface area contributed by atoms with Crippen LogP contribution in [-0.2, 0) is 29.1 Å². The van der Waals surface area contributed by atoms with Crippen LogP contribution < -0.4 is 10.2 Å². The van der Waals surface area contributed by atoms with Crippen LogP contribution >= 0.6 is 0 Å². The highest BCUT2D eigenvalue weighted by Crippen LogP contribution is 2.24. The largest absolute Gasteiger partial charge is 0.454 e. The number of hydrogen-bond acceptors (Lipinski definition) is 9. The number of benzene rings is 1. The Balaban J connectivity index is 1.57. The average Bonchev–Trinajstić information content (AvgIpc) is 2.80. The third kappa shape index (κ3) is 5.99. The molecule has 32 heavy (non-hydrogen) atoms. The number of likely N-dealkylation sites (N-methyl/N-ethyl adjacent to an activating group) is 1. The van der Waals surface area contributed by atoms with Gasteiger partial charge in [0.2, 0.25) is 16.0 Å². The number of sulfonamides is 1. The standard InChI is InChI=1S/C20H25N5O6S/c1-15-4-5-16(12-17(15)32(28,29)25-8-10-30-11-9-25)23-18(26)14-31-19(27)13-24(2)20-21-6-3-7-22-20/h3-7,12H,8-11,13-14H2,1-2H3,(H,23,26). The molecule has 0 saturated carbocycles. The van der Waals surface area contributed by atoms with E-state index in [-0.39, 0.29) is 24.5 Å². The number of esters is 1. The van der Waals surface area contributed by atoms with Gasteiger partial charge in [-0.25, -0.2) is 18.4 Å². The van der Waals surface area contributed by atoms with E-state index < -0.39 is 28.5 Å². The normalized spacial score (nSPS) is 14.6. The highest BCUT2D eigenvalue weighted by molar-refractivity contribution is 7.89. The van der Waals surface area contributed by atoms with Crippen molar-refractivity contribution >= 4 is 33.5 Å². The van der Waals surface area contributed by atoms with Crippen LogP contribution in [0.3, 0.4) is 0 Å². The van der Waals surface area contributed by atoms with E-state index in [9.17, 15) is 18.0 Å². The van der Waals surface area contributed by atoms with Gasteiger partial charge in [-0.05, 0) is 30.7 Å². The first kappa shape index (κ1) is 23.6. The molecule has 0 atom stereocenters. The van der Waals surface area contributed by atoms with Crippen molar-refractivity contribution in [2.45, 2.75) is 11.8 Å². The molecule has 0 unspecified atom stereocenters. The highest BCUT2D eigenvalue weighted by atomic mass is 32.2. The van der Waals surface area contributed by atoms with Crippen molar-refractivity contribution in [1.82, 2.24) is 14.3 Å². The summed E-state index contributed by atoms with van der Waals surface area (Å²) in [5, 5.41) is 2.56. The fraction of sp³-hybridized carbons (Fsp3) is 0.400. The number of amides is 1. The van der Waals surface area contributed by atoms with E-state index in [4.69, 9.17) is 9.47 Å². The van der Waals surface area contributed by atoms with Crippen LogP contribution in [-0.4, -0.2) is 81.1 Å². The molecular weight excluding hydrogens is 438 g/mol. The predicted molar refractivity (Wildman–Crippen MR) is 116 cm³/mol. The van der Waals surface area contributed by atoms with E-state index in [1.165, 1.54) is 15.3 Å². The Morgan fingerprint density at radius 1 is 1.22 bits per heavy atom. The molecule has 2 heterocycles. The summed E-state index contributed by atoms with van der Waals surface area (Å²) >= 11 is 0. The molecule has 1 amide bonds. The van der Waals surface area contributed by atoms with Gasteiger partial charge in [-0.3, -0.25) is 9.59 Å². The summed E-state index contributed by atoms with van der Waals surface area (Å²) in [4.78, 5) is 33.9. The van der Waals surface area contributed by atoms with E-state index in [0.717, 1.165) is 0 Å². The maximum Gasteiger partial charge on any atom is 0.326 e. The van der Waals surface area contributed by atoms with Gasteiger partial charge in [-0.2, -0.15) is 4.31 Å². The van der Waals surface area contributed by atoms with Crippen LogP contribution in [0.25, 0.3) is 0 Å². The zero-order valence-electron chi connectivity index (χ0n) is 17.9. The Morgan fingerprint density at radius 3 is 2.59 bits per heavy atom. The number of nitrogens with zero attached hydrogens (tertiary/aromatic N) is 4. The zero-order chi connectivity index (χ0) is 23.1. The molecule has 2 aromatic rings. The van der Waals surface area contributed by atoms with Crippen LogP contribution in [0.4, 0.5) is 11.6 Å². The second-order valence-electron chi connectivity index (χ2n) is 7.11. The van der Waals surface area contributed by atoms with Crippen molar-refractivity contribution < 1.29 is 27.5 Å². The third-order valence-corrected chi connectivity index (χ3v) is 6.72. The van der Waals surface area contributed by atoms with Gasteiger partial charge in [-0.1, -0.05) is 6.07 Å². The predicted octanol–water partition coefficient (Wildman–Crippen LogP) is 0.424. The summed E-state index contributed by atoms with van der Waals surface area (Å²) in [6.07, 6.45) is 3.10. The second-order valence-corrected chi connectivity index (χ2v) is 9.02. The summed E-state index contributed by atoms with van der Waals surface area (Å²) < 4.78 is 37.5. The maximum atomic E-state index is 13.0. The molecule has 0 radical (unpaired) electrons. The number of hydrogen-bond donors (Lipinski definition) is 1. The Hall–Kier alpha value is -3.09. The van der Waals surface area contributed by atoms with Crippen molar-refractivity contribution in [1.29, 1.82) is 0 Å². The fourth-order valence-electron chi connectivity index (χ4n) is 3.02. The molecule has 0 aliphatic carbocycles. The topological polar surface area (TPSA) is 131 Å². The van der Waals surface area contributed by atoms with Gasteiger partial charge >= 0.3 is 5.97 Å². The first-order chi connectivity index (χ1) is 15.3. The SMILES string of the molecule is Cc1ccc(NC(=O)COC(=O)CN(C)c2ncccn2)cc1S(=O)(=O)N1CCOCC1. The van der Waals surface area contributed by atoms with Crippen molar-refractivity contribution in [3.63, 3.8) is 0 Å². The lowest BCUT2D eigenvalue weighted by atomic mass is 10.2. The first-order valence-electron chi connectivity index (χ1n) is 9.89. The first-order valence-corrected chi connectivity index (χ1v) is 11.3. The molecule has 0 spiro atoms. The van der Waals surface area contributed by atoms with Gasteiger partial charge in [0.1, 0.15) is 6.54 Å². The zero-order valence-corrected chi connectivity index (χ0v) is 18.7. The number of rotatable bonds is 8. The lowest BCUT2D eigenvalue weighted by Gasteiger charge is -2.26. The number of carbonyl (C=O) groups is 2. The molecule has 1 N–H and O–H groups in total. The minimum absolute atomic E-state index is 0.110. The Kier molecular flexibility index (Phi) is 7.72. The summed E-state index contributed by atoms with van der Waals surface area (Å²) in [5.41, 5.74) is 0.852. The summed E-state index contributed by atoms with van der Waals surface area (Å²) in [7, 11) is -2.09.